The Labute approximate surface area is 124 Å². The third-order valence-electron chi connectivity index (χ3n) is 3.01. The molecule has 0 spiro atoms. The minimum absolute atomic E-state index is 0.224. The van der Waals surface area contributed by atoms with Gasteiger partial charge in [-0.25, -0.2) is 4.39 Å². The molecule has 0 fully saturated rings. The predicted octanol–water partition coefficient (Wildman–Crippen LogP) is 2.20. The third kappa shape index (κ3) is 4.67. The van der Waals surface area contributed by atoms with Crippen LogP contribution in [0.1, 0.15) is 16.7 Å². The molecule has 21 heavy (non-hydrogen) atoms. The third-order valence-corrected chi connectivity index (χ3v) is 3.01. The van der Waals surface area contributed by atoms with E-state index in [0.717, 1.165) is 12.1 Å². The van der Waals surface area contributed by atoms with Crippen molar-refractivity contribution in [2.45, 2.75) is 13.1 Å². The van der Waals surface area contributed by atoms with E-state index in [4.69, 9.17) is 5.11 Å². The summed E-state index contributed by atoms with van der Waals surface area (Å²) >= 11 is 0. The zero-order chi connectivity index (χ0) is 15.1. The lowest BCUT2D eigenvalue weighted by atomic mass is 10.1. The summed E-state index contributed by atoms with van der Waals surface area (Å²) in [7, 11) is 1.94. The second kappa shape index (κ2) is 7.53. The van der Waals surface area contributed by atoms with Crippen molar-refractivity contribution in [2.75, 3.05) is 13.7 Å². The molecule has 0 atom stereocenters. The number of benzene rings is 1. The van der Waals surface area contributed by atoms with Gasteiger partial charge in [0.2, 0.25) is 0 Å². The van der Waals surface area contributed by atoms with E-state index in [9.17, 15) is 4.39 Å². The monoisotopic (exact) mass is 284 g/mol. The van der Waals surface area contributed by atoms with Crippen LogP contribution in [0.15, 0.2) is 42.7 Å². The lowest BCUT2D eigenvalue weighted by molar-refractivity contribution is 0.313. The number of hydrogen-bond donors (Lipinski definition) is 1. The largest absolute Gasteiger partial charge is 0.384 e. The Morgan fingerprint density at radius 2 is 1.95 bits per heavy atom. The van der Waals surface area contributed by atoms with Gasteiger partial charge in [-0.15, -0.1) is 0 Å². The molecular formula is C17H17FN2O. The number of aromatic nitrogens is 1. The number of nitrogens with zero attached hydrogens (tertiary/aromatic N) is 2. The maximum absolute atomic E-state index is 14.0. The summed E-state index contributed by atoms with van der Waals surface area (Å²) in [5, 5.41) is 8.63. The van der Waals surface area contributed by atoms with Crippen LogP contribution in [0.4, 0.5) is 4.39 Å². The van der Waals surface area contributed by atoms with Crippen LogP contribution in [0.3, 0.4) is 0 Å². The molecule has 108 valence electrons. The summed E-state index contributed by atoms with van der Waals surface area (Å²) in [4.78, 5) is 6.01. The quantitative estimate of drug-likeness (QED) is 0.874. The topological polar surface area (TPSA) is 36.4 Å². The van der Waals surface area contributed by atoms with Gasteiger partial charge in [0.1, 0.15) is 12.4 Å². The van der Waals surface area contributed by atoms with Crippen molar-refractivity contribution in [2.24, 2.45) is 0 Å². The van der Waals surface area contributed by atoms with Crippen LogP contribution in [-0.2, 0) is 13.1 Å². The predicted molar refractivity (Wildman–Crippen MR) is 79.8 cm³/mol. The van der Waals surface area contributed by atoms with Crippen LogP contribution in [0.25, 0.3) is 0 Å². The molecular weight excluding hydrogens is 267 g/mol. The normalized spacial score (nSPS) is 10.3. The Balaban J connectivity index is 2.02. The average molecular weight is 284 g/mol. The molecule has 4 heteroatoms. The van der Waals surface area contributed by atoms with E-state index in [1.807, 2.05) is 24.1 Å². The number of aliphatic hydroxyl groups is 1. The van der Waals surface area contributed by atoms with Gasteiger partial charge in [-0.3, -0.25) is 9.88 Å². The lowest BCUT2D eigenvalue weighted by Crippen LogP contribution is -2.18. The second-order valence-electron chi connectivity index (χ2n) is 4.79. The second-order valence-corrected chi connectivity index (χ2v) is 4.79. The Morgan fingerprint density at radius 3 is 2.62 bits per heavy atom. The molecule has 0 amide bonds. The van der Waals surface area contributed by atoms with Crippen molar-refractivity contribution in [3.8, 4) is 11.8 Å². The Hall–Kier alpha value is -2.22. The van der Waals surface area contributed by atoms with Gasteiger partial charge in [-0.05, 0) is 36.9 Å². The first-order valence-electron chi connectivity index (χ1n) is 6.64. The number of pyridine rings is 1. The molecule has 0 aliphatic rings. The average Bonchev–Trinajstić information content (AvgIpc) is 2.48. The van der Waals surface area contributed by atoms with Crippen LogP contribution in [0, 0.1) is 17.7 Å². The summed E-state index contributed by atoms with van der Waals surface area (Å²) < 4.78 is 14.0. The summed E-state index contributed by atoms with van der Waals surface area (Å²) in [6, 6.07) is 8.79. The Morgan fingerprint density at radius 1 is 1.19 bits per heavy atom. The van der Waals surface area contributed by atoms with E-state index in [1.165, 1.54) is 6.07 Å². The molecule has 0 bridgehead atoms. The summed E-state index contributed by atoms with van der Waals surface area (Å²) in [5.41, 5.74) is 2.33. The molecule has 1 heterocycles. The van der Waals surface area contributed by atoms with E-state index in [1.54, 1.807) is 24.5 Å². The van der Waals surface area contributed by atoms with Crippen molar-refractivity contribution in [3.63, 3.8) is 0 Å². The summed E-state index contributed by atoms with van der Waals surface area (Å²) in [6.45, 7) is 1.02. The van der Waals surface area contributed by atoms with Crippen LogP contribution in [-0.4, -0.2) is 28.6 Å². The maximum Gasteiger partial charge on any atom is 0.128 e. The van der Waals surface area contributed by atoms with E-state index < -0.39 is 0 Å². The minimum Gasteiger partial charge on any atom is -0.384 e. The first kappa shape index (κ1) is 15.2. The number of hydrogen-bond acceptors (Lipinski definition) is 3. The molecule has 0 unspecified atom stereocenters. The van der Waals surface area contributed by atoms with Gasteiger partial charge in [-0.2, -0.15) is 0 Å². The van der Waals surface area contributed by atoms with Crippen LogP contribution >= 0.6 is 0 Å². The maximum atomic E-state index is 14.0. The van der Waals surface area contributed by atoms with E-state index in [-0.39, 0.29) is 12.4 Å². The minimum atomic E-state index is -0.277. The summed E-state index contributed by atoms with van der Waals surface area (Å²) in [5.74, 6) is 4.93. The zero-order valence-corrected chi connectivity index (χ0v) is 11.9. The standard InChI is InChI=1S/C17H17FN2O/c1-20(12-15-6-8-19-9-7-15)13-16-5-4-14(3-2-10-21)11-17(16)18/h4-9,11,21H,10,12-13H2,1H3. The van der Waals surface area contributed by atoms with Gasteiger partial charge >= 0.3 is 0 Å². The molecule has 1 aromatic heterocycles. The first-order chi connectivity index (χ1) is 10.2. The Bertz CT molecular complexity index is 647. The SMILES string of the molecule is CN(Cc1ccncc1)Cc1ccc(C#CCO)cc1F. The summed E-state index contributed by atoms with van der Waals surface area (Å²) in [6.07, 6.45) is 3.50. The molecule has 0 radical (unpaired) electrons. The highest BCUT2D eigenvalue weighted by Crippen LogP contribution is 2.13. The number of aliphatic hydroxyl groups excluding tert-OH is 1. The van der Waals surface area contributed by atoms with Crippen LogP contribution < -0.4 is 0 Å². The lowest BCUT2D eigenvalue weighted by Gasteiger charge is -2.17. The van der Waals surface area contributed by atoms with Gasteiger partial charge in [0.05, 0.1) is 0 Å². The van der Waals surface area contributed by atoms with Gasteiger partial charge in [-0.1, -0.05) is 17.9 Å². The molecule has 0 aliphatic heterocycles. The fraction of sp³-hybridized carbons (Fsp3) is 0.235. The molecule has 0 saturated carbocycles. The molecule has 0 aliphatic carbocycles. The van der Waals surface area contributed by atoms with Crippen molar-refractivity contribution < 1.29 is 9.50 Å². The van der Waals surface area contributed by atoms with Gasteiger partial charge < -0.3 is 5.11 Å². The first-order valence-corrected chi connectivity index (χ1v) is 6.64. The van der Waals surface area contributed by atoms with E-state index >= 15 is 0 Å². The van der Waals surface area contributed by atoms with E-state index in [0.29, 0.717) is 17.7 Å². The highest BCUT2D eigenvalue weighted by Gasteiger charge is 2.07. The molecule has 2 aromatic rings. The molecule has 0 saturated heterocycles. The fourth-order valence-electron chi connectivity index (χ4n) is 2.04. The van der Waals surface area contributed by atoms with Gasteiger partial charge in [0, 0.05) is 36.6 Å². The van der Waals surface area contributed by atoms with Crippen molar-refractivity contribution in [1.29, 1.82) is 0 Å². The van der Waals surface area contributed by atoms with Gasteiger partial charge in [0.25, 0.3) is 0 Å². The zero-order valence-electron chi connectivity index (χ0n) is 11.9. The van der Waals surface area contributed by atoms with Crippen LogP contribution in [0.2, 0.25) is 0 Å². The Kier molecular flexibility index (Phi) is 5.44. The van der Waals surface area contributed by atoms with Crippen LogP contribution in [0.5, 0.6) is 0 Å². The highest BCUT2D eigenvalue weighted by atomic mass is 19.1. The smallest absolute Gasteiger partial charge is 0.128 e. The highest BCUT2D eigenvalue weighted by molar-refractivity contribution is 5.37. The van der Waals surface area contributed by atoms with Crippen molar-refractivity contribution in [1.82, 2.24) is 9.88 Å². The number of rotatable bonds is 4. The fourth-order valence-corrected chi connectivity index (χ4v) is 2.04. The molecule has 2 rings (SSSR count). The van der Waals surface area contributed by atoms with Crippen molar-refractivity contribution >= 4 is 0 Å². The number of halogens is 1. The van der Waals surface area contributed by atoms with E-state index in [2.05, 4.69) is 16.8 Å². The molecule has 1 aromatic carbocycles. The van der Waals surface area contributed by atoms with Gasteiger partial charge in [0.15, 0.2) is 0 Å². The molecule has 3 nitrogen and oxygen atoms in total. The van der Waals surface area contributed by atoms with Crippen molar-refractivity contribution in [3.05, 3.63) is 65.2 Å². The molecule has 1 N–H and O–H groups in total.